The van der Waals surface area contributed by atoms with Crippen LogP contribution < -0.4 is 4.90 Å². The van der Waals surface area contributed by atoms with Crippen molar-refractivity contribution >= 4 is 81.6 Å². The highest BCUT2D eigenvalue weighted by Crippen LogP contribution is 2.51. The average Bonchev–Trinajstić information content (AvgIpc) is 4.00. The Hall–Kier alpha value is -6.95. The second kappa shape index (κ2) is 12.0. The first-order valence-electron chi connectivity index (χ1n) is 19.4. The first kappa shape index (κ1) is 32.3. The third-order valence-corrected chi connectivity index (χ3v) is 13.0. The van der Waals surface area contributed by atoms with E-state index in [1.165, 1.54) is 42.4 Å². The molecule has 0 saturated carbocycles. The van der Waals surface area contributed by atoms with Crippen molar-refractivity contribution in [1.29, 1.82) is 0 Å². The van der Waals surface area contributed by atoms with E-state index in [0.717, 1.165) is 66.8 Å². The van der Waals surface area contributed by atoms with Gasteiger partial charge in [-0.05, 0) is 100 Å². The molecule has 0 amide bonds. The number of benzene rings is 8. The fourth-order valence-electron chi connectivity index (χ4n) is 9.11. The molecule has 5 heteroatoms. The lowest BCUT2D eigenvalue weighted by molar-refractivity contribution is 0.620. The monoisotopic (exact) mass is 750 g/mol. The molecule has 270 valence electrons. The Labute approximate surface area is 332 Å². The summed E-state index contributed by atoms with van der Waals surface area (Å²) in [6.45, 7) is 4.69. The maximum atomic E-state index is 6.46. The van der Waals surface area contributed by atoms with Gasteiger partial charge >= 0.3 is 0 Å². The van der Waals surface area contributed by atoms with E-state index in [2.05, 4.69) is 146 Å². The molecule has 0 bridgehead atoms. The Morgan fingerprint density at radius 1 is 0.474 bits per heavy atom. The van der Waals surface area contributed by atoms with Gasteiger partial charge in [-0.15, -0.1) is 11.3 Å². The number of thiophene rings is 1. The molecule has 0 aliphatic heterocycles. The van der Waals surface area contributed by atoms with Gasteiger partial charge in [-0.1, -0.05) is 111 Å². The minimum atomic E-state index is -0.112. The molecular formula is C52H34N2O2S. The van der Waals surface area contributed by atoms with Gasteiger partial charge in [0.05, 0.1) is 0 Å². The molecule has 1 aliphatic carbocycles. The maximum absolute atomic E-state index is 6.46. The van der Waals surface area contributed by atoms with Gasteiger partial charge in [0.15, 0.2) is 5.58 Å². The van der Waals surface area contributed by atoms with Crippen molar-refractivity contribution in [3.63, 3.8) is 0 Å². The maximum Gasteiger partial charge on any atom is 0.227 e. The molecule has 0 unspecified atom stereocenters. The minimum Gasteiger partial charge on any atom is -0.456 e. The number of anilines is 3. The first-order chi connectivity index (χ1) is 28.0. The quantitative estimate of drug-likeness (QED) is 0.176. The van der Waals surface area contributed by atoms with E-state index < -0.39 is 0 Å². The van der Waals surface area contributed by atoms with Crippen molar-refractivity contribution in [3.8, 4) is 33.7 Å². The summed E-state index contributed by atoms with van der Waals surface area (Å²) in [4.78, 5) is 7.20. The zero-order valence-corrected chi connectivity index (χ0v) is 32.1. The van der Waals surface area contributed by atoms with Gasteiger partial charge in [0.2, 0.25) is 5.89 Å². The number of hydrogen-bond acceptors (Lipinski definition) is 5. The summed E-state index contributed by atoms with van der Waals surface area (Å²) in [5.41, 5.74) is 14.9. The van der Waals surface area contributed by atoms with Crippen molar-refractivity contribution in [2.75, 3.05) is 4.90 Å². The van der Waals surface area contributed by atoms with Crippen LogP contribution in [0.5, 0.6) is 0 Å². The van der Waals surface area contributed by atoms with E-state index in [4.69, 9.17) is 13.8 Å². The minimum absolute atomic E-state index is 0.112. The van der Waals surface area contributed by atoms with Crippen LogP contribution in [0, 0.1) is 0 Å². The van der Waals surface area contributed by atoms with Crippen molar-refractivity contribution in [2.24, 2.45) is 0 Å². The predicted octanol–water partition coefficient (Wildman–Crippen LogP) is 15.2. The van der Waals surface area contributed by atoms with Crippen LogP contribution in [0.1, 0.15) is 25.0 Å². The first-order valence-corrected chi connectivity index (χ1v) is 20.2. The zero-order valence-electron chi connectivity index (χ0n) is 31.3. The highest BCUT2D eigenvalue weighted by molar-refractivity contribution is 7.25. The lowest BCUT2D eigenvalue weighted by Gasteiger charge is -2.28. The summed E-state index contributed by atoms with van der Waals surface area (Å²) >= 11 is 1.85. The lowest BCUT2D eigenvalue weighted by atomic mass is 9.82. The van der Waals surface area contributed by atoms with Crippen LogP contribution in [0.15, 0.2) is 179 Å². The SMILES string of the molecule is CC1(C)c2ccccc2-c2ccc(N(c3ccc(-c4cccc5oc6cc7nc(-c8ccccc8)oc7cc6c45)cc3)c3ccc4c(c3)sc3ccccc34)cc21. The second-order valence-electron chi connectivity index (χ2n) is 15.5. The Balaban J connectivity index is 0.992. The van der Waals surface area contributed by atoms with E-state index in [1.807, 2.05) is 53.8 Å². The largest absolute Gasteiger partial charge is 0.456 e. The smallest absolute Gasteiger partial charge is 0.227 e. The summed E-state index contributed by atoms with van der Waals surface area (Å²) in [5, 5.41) is 4.67. The number of nitrogens with zero attached hydrogens (tertiary/aromatic N) is 2. The van der Waals surface area contributed by atoms with Crippen LogP contribution >= 0.6 is 11.3 Å². The van der Waals surface area contributed by atoms with Crippen molar-refractivity contribution in [3.05, 3.63) is 181 Å². The summed E-state index contributed by atoms with van der Waals surface area (Å²) in [6.07, 6.45) is 0. The molecule has 1 aliphatic rings. The Bertz CT molecular complexity index is 3390. The number of furan rings is 1. The van der Waals surface area contributed by atoms with Gasteiger partial charge in [-0.3, -0.25) is 0 Å². The van der Waals surface area contributed by atoms with Crippen LogP contribution in [0.25, 0.3) is 86.9 Å². The zero-order chi connectivity index (χ0) is 37.8. The number of rotatable bonds is 5. The van der Waals surface area contributed by atoms with Gasteiger partial charge in [0, 0.05) is 65.1 Å². The molecular weight excluding hydrogens is 717 g/mol. The number of hydrogen-bond donors (Lipinski definition) is 0. The normalized spacial score (nSPS) is 13.2. The van der Waals surface area contributed by atoms with E-state index in [-0.39, 0.29) is 5.41 Å². The molecule has 0 spiro atoms. The molecule has 0 fully saturated rings. The summed E-state index contributed by atoms with van der Waals surface area (Å²) in [6, 6.07) is 60.8. The molecule has 0 radical (unpaired) electrons. The molecule has 4 nitrogen and oxygen atoms in total. The second-order valence-corrected chi connectivity index (χ2v) is 16.6. The Morgan fingerprint density at radius 3 is 2.09 bits per heavy atom. The van der Waals surface area contributed by atoms with Gasteiger partial charge in [-0.25, -0.2) is 4.98 Å². The van der Waals surface area contributed by atoms with E-state index in [1.54, 1.807) is 0 Å². The molecule has 3 aromatic heterocycles. The summed E-state index contributed by atoms with van der Waals surface area (Å²) in [5.74, 6) is 0.603. The molecule has 0 N–H and O–H groups in total. The lowest BCUT2D eigenvalue weighted by Crippen LogP contribution is -2.16. The summed E-state index contributed by atoms with van der Waals surface area (Å²) in [7, 11) is 0. The number of oxazole rings is 1. The van der Waals surface area contributed by atoms with Crippen molar-refractivity contribution < 1.29 is 8.83 Å². The van der Waals surface area contributed by atoms with Crippen molar-refractivity contribution in [1.82, 2.24) is 4.98 Å². The van der Waals surface area contributed by atoms with Crippen LogP contribution in [0.3, 0.4) is 0 Å². The highest BCUT2D eigenvalue weighted by Gasteiger charge is 2.35. The average molecular weight is 751 g/mol. The highest BCUT2D eigenvalue weighted by atomic mass is 32.1. The standard InChI is InChI=1S/C52H34N2O2S/c1-52(2)42-16-8-6-13-37(42)38-25-23-34(27-43(38)52)54(35-24-26-40-39-14-7-9-18-48(39)57-49(40)28-35)33-21-19-31(20-22-33)36-15-10-17-45-50(36)41-29-47-44(30-46(41)55-45)53-51(56-47)32-11-4-3-5-12-32/h3-30H,1-2H3. The third kappa shape index (κ3) is 4.89. The van der Waals surface area contributed by atoms with Crippen LogP contribution in [0.2, 0.25) is 0 Å². The molecule has 12 rings (SSSR count). The summed E-state index contributed by atoms with van der Waals surface area (Å²) < 4.78 is 15.3. The van der Waals surface area contributed by atoms with Gasteiger partial charge in [0.1, 0.15) is 16.7 Å². The Morgan fingerprint density at radius 2 is 1.19 bits per heavy atom. The van der Waals surface area contributed by atoms with E-state index in [0.29, 0.717) is 5.89 Å². The molecule has 11 aromatic rings. The van der Waals surface area contributed by atoms with E-state index in [9.17, 15) is 0 Å². The fourth-order valence-corrected chi connectivity index (χ4v) is 10.3. The van der Waals surface area contributed by atoms with Gasteiger partial charge in [0.25, 0.3) is 0 Å². The van der Waals surface area contributed by atoms with Gasteiger partial charge in [-0.2, -0.15) is 0 Å². The predicted molar refractivity (Wildman–Crippen MR) is 237 cm³/mol. The van der Waals surface area contributed by atoms with Crippen molar-refractivity contribution in [2.45, 2.75) is 19.3 Å². The van der Waals surface area contributed by atoms with Crippen LogP contribution in [-0.2, 0) is 5.41 Å². The number of aromatic nitrogens is 1. The molecule has 0 saturated heterocycles. The Kier molecular flexibility index (Phi) is 6.82. The van der Waals surface area contributed by atoms with Gasteiger partial charge < -0.3 is 13.7 Å². The fraction of sp³-hybridized carbons (Fsp3) is 0.0577. The molecule has 3 heterocycles. The molecule has 0 atom stereocenters. The number of fused-ring (bicyclic) bond motifs is 10. The topological polar surface area (TPSA) is 42.4 Å². The van der Waals surface area contributed by atoms with Crippen LogP contribution in [0.4, 0.5) is 17.1 Å². The van der Waals surface area contributed by atoms with E-state index >= 15 is 0 Å². The van der Waals surface area contributed by atoms with Crippen LogP contribution in [-0.4, -0.2) is 4.98 Å². The molecule has 57 heavy (non-hydrogen) atoms. The third-order valence-electron chi connectivity index (χ3n) is 11.9. The molecule has 8 aromatic carbocycles.